The van der Waals surface area contributed by atoms with Gasteiger partial charge in [-0.3, -0.25) is 4.98 Å². The number of anilines is 1. The van der Waals surface area contributed by atoms with Crippen molar-refractivity contribution in [2.75, 3.05) is 12.4 Å². The summed E-state index contributed by atoms with van der Waals surface area (Å²) in [6.07, 6.45) is 4.06. The first-order chi connectivity index (χ1) is 13.5. The quantitative estimate of drug-likeness (QED) is 0.631. The summed E-state index contributed by atoms with van der Waals surface area (Å²) in [7, 11) is 1.30. The molecule has 2 aromatic heterocycles. The maximum absolute atomic E-state index is 12.3. The molecule has 3 rings (SSSR count). The Bertz CT molecular complexity index is 971. The molecule has 2 heterocycles. The molecule has 2 unspecified atom stereocenters. The highest BCUT2D eigenvalue weighted by molar-refractivity contribution is 5.94. The molecule has 2 amide bonds. The van der Waals surface area contributed by atoms with E-state index in [-0.39, 0.29) is 5.92 Å². The minimum atomic E-state index is -0.719. The molecule has 0 aliphatic carbocycles. The van der Waals surface area contributed by atoms with Gasteiger partial charge in [-0.1, -0.05) is 20.3 Å². The molecule has 0 aliphatic heterocycles. The maximum atomic E-state index is 12.3. The Morgan fingerprint density at radius 1 is 1.29 bits per heavy atom. The van der Waals surface area contributed by atoms with E-state index in [1.165, 1.54) is 7.11 Å². The van der Waals surface area contributed by atoms with Crippen molar-refractivity contribution in [3.63, 3.8) is 0 Å². The van der Waals surface area contributed by atoms with Gasteiger partial charge < -0.3 is 19.8 Å². The first-order valence-corrected chi connectivity index (χ1v) is 8.98. The zero-order valence-electron chi connectivity index (χ0n) is 15.9. The first kappa shape index (κ1) is 19.3. The molecule has 2 N–H and O–H groups in total. The number of rotatable bonds is 6. The molecule has 8 nitrogen and oxygen atoms in total. The number of oxazole rings is 1. The predicted molar refractivity (Wildman–Crippen MR) is 105 cm³/mol. The monoisotopic (exact) mass is 382 g/mol. The van der Waals surface area contributed by atoms with Gasteiger partial charge >= 0.3 is 12.0 Å². The SMILES string of the molecule is CCC(C)C(NC(=O)Nc1ccc2oc(-c3cccnc3)nc2c1)C(=O)OC. The van der Waals surface area contributed by atoms with Crippen molar-refractivity contribution >= 4 is 28.8 Å². The molecular weight excluding hydrogens is 360 g/mol. The van der Waals surface area contributed by atoms with Crippen LogP contribution in [0, 0.1) is 5.92 Å². The van der Waals surface area contributed by atoms with Gasteiger partial charge in [0, 0.05) is 18.1 Å². The fraction of sp³-hybridized carbons (Fsp3) is 0.300. The van der Waals surface area contributed by atoms with Crippen molar-refractivity contribution in [2.45, 2.75) is 26.3 Å². The molecule has 8 heteroatoms. The van der Waals surface area contributed by atoms with E-state index in [1.807, 2.05) is 19.9 Å². The number of hydrogen-bond acceptors (Lipinski definition) is 6. The molecule has 0 saturated heterocycles. The van der Waals surface area contributed by atoms with E-state index in [1.54, 1.807) is 36.7 Å². The van der Waals surface area contributed by atoms with Gasteiger partial charge in [0.25, 0.3) is 0 Å². The van der Waals surface area contributed by atoms with Crippen molar-refractivity contribution in [3.05, 3.63) is 42.7 Å². The summed E-state index contributed by atoms with van der Waals surface area (Å²) >= 11 is 0. The number of fused-ring (bicyclic) bond motifs is 1. The summed E-state index contributed by atoms with van der Waals surface area (Å²) < 4.78 is 10.5. The predicted octanol–water partition coefficient (Wildman–Crippen LogP) is 3.60. The van der Waals surface area contributed by atoms with Crippen LogP contribution in [0.5, 0.6) is 0 Å². The second-order valence-corrected chi connectivity index (χ2v) is 6.43. The highest BCUT2D eigenvalue weighted by Gasteiger charge is 2.26. The van der Waals surface area contributed by atoms with E-state index >= 15 is 0 Å². The van der Waals surface area contributed by atoms with Crippen LogP contribution in [0.2, 0.25) is 0 Å². The number of pyridine rings is 1. The molecule has 2 atom stereocenters. The lowest BCUT2D eigenvalue weighted by atomic mass is 9.99. The fourth-order valence-electron chi connectivity index (χ4n) is 2.72. The van der Waals surface area contributed by atoms with Crippen LogP contribution in [-0.4, -0.2) is 35.1 Å². The molecule has 0 saturated carbocycles. The topological polar surface area (TPSA) is 106 Å². The van der Waals surface area contributed by atoms with E-state index < -0.39 is 18.0 Å². The third kappa shape index (κ3) is 4.28. The molecule has 0 aliphatic rings. The highest BCUT2D eigenvalue weighted by atomic mass is 16.5. The number of amides is 2. The maximum Gasteiger partial charge on any atom is 0.328 e. The van der Waals surface area contributed by atoms with Gasteiger partial charge in [0.2, 0.25) is 5.89 Å². The molecule has 28 heavy (non-hydrogen) atoms. The van der Waals surface area contributed by atoms with Crippen LogP contribution in [0.25, 0.3) is 22.6 Å². The zero-order valence-corrected chi connectivity index (χ0v) is 15.9. The number of methoxy groups -OCH3 is 1. The second kappa shape index (κ2) is 8.51. The van der Waals surface area contributed by atoms with Crippen LogP contribution in [0.4, 0.5) is 10.5 Å². The summed E-state index contributed by atoms with van der Waals surface area (Å²) in [5, 5.41) is 5.39. The van der Waals surface area contributed by atoms with Crippen molar-refractivity contribution in [2.24, 2.45) is 5.92 Å². The van der Waals surface area contributed by atoms with Gasteiger partial charge in [-0.2, -0.15) is 0 Å². The third-order valence-electron chi connectivity index (χ3n) is 4.51. The Balaban J connectivity index is 1.75. The highest BCUT2D eigenvalue weighted by Crippen LogP contribution is 2.25. The Morgan fingerprint density at radius 2 is 2.11 bits per heavy atom. The third-order valence-corrected chi connectivity index (χ3v) is 4.51. The molecule has 0 fully saturated rings. The van der Waals surface area contributed by atoms with Gasteiger partial charge in [0.15, 0.2) is 5.58 Å². The van der Waals surface area contributed by atoms with Crippen LogP contribution in [-0.2, 0) is 9.53 Å². The summed E-state index contributed by atoms with van der Waals surface area (Å²) in [6.45, 7) is 3.82. The van der Waals surface area contributed by atoms with E-state index in [4.69, 9.17) is 9.15 Å². The standard InChI is InChI=1S/C20H22N4O4/c1-4-12(2)17(19(25)27-3)24-20(26)22-14-7-8-16-15(10-14)23-18(28-16)13-6-5-9-21-11-13/h5-12,17H,4H2,1-3H3,(H2,22,24,26). The molecule has 3 aromatic rings. The van der Waals surface area contributed by atoms with Crippen molar-refractivity contribution in [3.8, 4) is 11.5 Å². The van der Waals surface area contributed by atoms with E-state index in [9.17, 15) is 9.59 Å². The molecule has 146 valence electrons. The Kier molecular flexibility index (Phi) is 5.88. The number of ether oxygens (including phenoxy) is 1. The number of esters is 1. The molecule has 0 radical (unpaired) electrons. The average molecular weight is 382 g/mol. The van der Waals surface area contributed by atoms with Crippen LogP contribution < -0.4 is 10.6 Å². The molecular formula is C20H22N4O4. The molecule has 0 bridgehead atoms. The Morgan fingerprint density at radius 3 is 2.79 bits per heavy atom. The number of nitrogens with one attached hydrogen (secondary N) is 2. The summed E-state index contributed by atoms with van der Waals surface area (Å²) in [4.78, 5) is 32.8. The average Bonchev–Trinajstić information content (AvgIpc) is 3.15. The fourth-order valence-corrected chi connectivity index (χ4v) is 2.72. The van der Waals surface area contributed by atoms with Crippen molar-refractivity contribution in [1.82, 2.24) is 15.3 Å². The van der Waals surface area contributed by atoms with Crippen LogP contribution >= 0.6 is 0 Å². The van der Waals surface area contributed by atoms with Gasteiger partial charge in [-0.15, -0.1) is 0 Å². The Labute approximate surface area is 162 Å². The van der Waals surface area contributed by atoms with Gasteiger partial charge in [-0.25, -0.2) is 14.6 Å². The first-order valence-electron chi connectivity index (χ1n) is 8.98. The van der Waals surface area contributed by atoms with E-state index in [2.05, 4.69) is 20.6 Å². The normalized spacial score (nSPS) is 13.0. The van der Waals surface area contributed by atoms with Gasteiger partial charge in [-0.05, 0) is 36.2 Å². The lowest BCUT2D eigenvalue weighted by Crippen LogP contribution is -2.47. The minimum Gasteiger partial charge on any atom is -0.467 e. The zero-order chi connectivity index (χ0) is 20.1. The van der Waals surface area contributed by atoms with Crippen LogP contribution in [0.3, 0.4) is 0 Å². The van der Waals surface area contributed by atoms with Gasteiger partial charge in [0.1, 0.15) is 11.6 Å². The van der Waals surface area contributed by atoms with Crippen molar-refractivity contribution in [1.29, 1.82) is 0 Å². The van der Waals surface area contributed by atoms with Gasteiger partial charge in [0.05, 0.1) is 12.7 Å². The van der Waals surface area contributed by atoms with E-state index in [0.717, 1.165) is 12.0 Å². The largest absolute Gasteiger partial charge is 0.467 e. The number of benzene rings is 1. The molecule has 0 spiro atoms. The number of carbonyl (C=O) groups is 2. The lowest BCUT2D eigenvalue weighted by Gasteiger charge is -2.21. The Hall–Kier alpha value is -3.42. The number of nitrogens with zero attached hydrogens (tertiary/aromatic N) is 2. The van der Waals surface area contributed by atoms with Crippen molar-refractivity contribution < 1.29 is 18.7 Å². The number of urea groups is 1. The number of carbonyl (C=O) groups excluding carboxylic acids is 2. The van der Waals surface area contributed by atoms with Crippen LogP contribution in [0.15, 0.2) is 47.1 Å². The minimum absolute atomic E-state index is 0.0572. The second-order valence-electron chi connectivity index (χ2n) is 6.43. The molecule has 1 aromatic carbocycles. The number of aromatic nitrogens is 2. The summed E-state index contributed by atoms with van der Waals surface area (Å²) in [6, 6.07) is 7.58. The summed E-state index contributed by atoms with van der Waals surface area (Å²) in [5.74, 6) is -0.0805. The smallest absolute Gasteiger partial charge is 0.328 e. The van der Waals surface area contributed by atoms with Crippen LogP contribution in [0.1, 0.15) is 20.3 Å². The van der Waals surface area contributed by atoms with E-state index in [0.29, 0.717) is 22.7 Å². The lowest BCUT2D eigenvalue weighted by molar-refractivity contribution is -0.144. The summed E-state index contributed by atoms with van der Waals surface area (Å²) in [5.41, 5.74) is 2.49. The number of hydrogen-bond donors (Lipinski definition) is 2.